The zero-order valence-corrected chi connectivity index (χ0v) is 13.8. The van der Waals surface area contributed by atoms with Gasteiger partial charge in [-0.15, -0.1) is 0 Å². The van der Waals surface area contributed by atoms with Crippen molar-refractivity contribution in [3.05, 3.63) is 34.1 Å². The van der Waals surface area contributed by atoms with Gasteiger partial charge in [-0.3, -0.25) is 0 Å². The maximum absolute atomic E-state index is 13.7. The molecule has 4 heteroatoms. The van der Waals surface area contributed by atoms with Crippen molar-refractivity contribution in [1.29, 1.82) is 0 Å². The molecule has 1 aromatic rings. The van der Waals surface area contributed by atoms with Crippen LogP contribution in [0.15, 0.2) is 22.7 Å². The van der Waals surface area contributed by atoms with Crippen molar-refractivity contribution in [2.75, 3.05) is 13.7 Å². The van der Waals surface area contributed by atoms with E-state index in [0.29, 0.717) is 4.47 Å². The van der Waals surface area contributed by atoms with E-state index >= 15 is 0 Å². The summed E-state index contributed by atoms with van der Waals surface area (Å²) in [4.78, 5) is 0. The number of likely N-dealkylation sites (N-methyl/N-ethyl adjacent to an activating group) is 1. The Morgan fingerprint density at radius 3 is 2.70 bits per heavy atom. The molecule has 20 heavy (non-hydrogen) atoms. The zero-order valence-electron chi connectivity index (χ0n) is 12.2. The van der Waals surface area contributed by atoms with Gasteiger partial charge in [-0.1, -0.05) is 25.0 Å². The van der Waals surface area contributed by atoms with Crippen LogP contribution >= 0.6 is 15.9 Å². The van der Waals surface area contributed by atoms with E-state index in [2.05, 4.69) is 21.2 Å². The van der Waals surface area contributed by atoms with Crippen molar-refractivity contribution in [2.45, 2.75) is 50.7 Å². The zero-order chi connectivity index (χ0) is 14.6. The average Bonchev–Trinajstić information content (AvgIpc) is 2.90. The van der Waals surface area contributed by atoms with Crippen LogP contribution in [0.1, 0.15) is 38.2 Å². The van der Waals surface area contributed by atoms with E-state index in [9.17, 15) is 4.39 Å². The number of hydrogen-bond donors (Lipinski definition) is 1. The Morgan fingerprint density at radius 1 is 1.40 bits per heavy atom. The van der Waals surface area contributed by atoms with Crippen LogP contribution in [0.3, 0.4) is 0 Å². The summed E-state index contributed by atoms with van der Waals surface area (Å²) < 4.78 is 20.3. The minimum absolute atomic E-state index is 0.102. The van der Waals surface area contributed by atoms with Gasteiger partial charge in [-0.05, 0) is 60.8 Å². The molecule has 2 rings (SSSR count). The minimum Gasteiger partial charge on any atom is -0.374 e. The van der Waals surface area contributed by atoms with Crippen LogP contribution in [0.2, 0.25) is 0 Å². The molecule has 1 unspecified atom stereocenters. The first-order valence-corrected chi connectivity index (χ1v) is 8.16. The van der Waals surface area contributed by atoms with Gasteiger partial charge in [0.05, 0.1) is 10.1 Å². The van der Waals surface area contributed by atoms with Gasteiger partial charge in [0, 0.05) is 12.6 Å². The number of ether oxygens (including phenoxy) is 1. The Kier molecular flexibility index (Phi) is 5.58. The molecule has 1 N–H and O–H groups in total. The summed E-state index contributed by atoms with van der Waals surface area (Å²) in [5, 5.41) is 3.40. The van der Waals surface area contributed by atoms with Gasteiger partial charge in [0.2, 0.25) is 0 Å². The molecule has 0 spiro atoms. The summed E-state index contributed by atoms with van der Waals surface area (Å²) in [7, 11) is 1.97. The molecule has 1 saturated carbocycles. The monoisotopic (exact) mass is 343 g/mol. The van der Waals surface area contributed by atoms with E-state index in [1.807, 2.05) is 20.0 Å². The number of hydrogen-bond acceptors (Lipinski definition) is 2. The van der Waals surface area contributed by atoms with E-state index in [1.54, 1.807) is 6.07 Å². The summed E-state index contributed by atoms with van der Waals surface area (Å²) >= 11 is 3.36. The third-order valence-corrected chi connectivity index (χ3v) is 5.21. The fourth-order valence-electron chi connectivity index (χ4n) is 3.33. The van der Waals surface area contributed by atoms with Crippen molar-refractivity contribution in [3.63, 3.8) is 0 Å². The lowest BCUT2D eigenvalue weighted by molar-refractivity contribution is -0.0597. The van der Waals surface area contributed by atoms with Gasteiger partial charge in [0.1, 0.15) is 5.82 Å². The van der Waals surface area contributed by atoms with Gasteiger partial charge in [0.25, 0.3) is 0 Å². The predicted octanol–water partition coefficient (Wildman–Crippen LogP) is 4.07. The Bertz CT molecular complexity index is 446. The standard InChI is InChI=1S/C16H23BrFNO/c1-3-20-16(9-4-5-10-16)14(19-2)11-12-7-6-8-13(18)15(12)17/h6-8,14,19H,3-5,9-11H2,1-2H3. The molecule has 1 aliphatic rings. The topological polar surface area (TPSA) is 21.3 Å². The lowest BCUT2D eigenvalue weighted by Crippen LogP contribution is -2.51. The third-order valence-electron chi connectivity index (χ3n) is 4.32. The molecule has 0 heterocycles. The molecule has 0 aromatic heterocycles. The van der Waals surface area contributed by atoms with E-state index in [0.717, 1.165) is 31.4 Å². The first kappa shape index (κ1) is 15.9. The van der Waals surface area contributed by atoms with E-state index in [-0.39, 0.29) is 17.5 Å². The summed E-state index contributed by atoms with van der Waals surface area (Å²) in [6.45, 7) is 2.77. The van der Waals surface area contributed by atoms with Crippen LogP contribution in [0.25, 0.3) is 0 Å². The molecule has 1 aliphatic carbocycles. The SMILES string of the molecule is CCOC1(C(Cc2cccc(F)c2Br)NC)CCCC1. The van der Waals surface area contributed by atoms with Crippen molar-refractivity contribution in [3.8, 4) is 0 Å². The highest BCUT2D eigenvalue weighted by molar-refractivity contribution is 9.10. The second-order valence-electron chi connectivity index (χ2n) is 5.46. The second kappa shape index (κ2) is 7.01. The molecule has 1 fully saturated rings. The quantitative estimate of drug-likeness (QED) is 0.840. The van der Waals surface area contributed by atoms with Crippen LogP contribution in [-0.2, 0) is 11.2 Å². The third kappa shape index (κ3) is 3.23. The van der Waals surface area contributed by atoms with Gasteiger partial charge in [0.15, 0.2) is 0 Å². The van der Waals surface area contributed by atoms with E-state index < -0.39 is 0 Å². The molecule has 0 aliphatic heterocycles. The highest BCUT2D eigenvalue weighted by Crippen LogP contribution is 2.38. The largest absolute Gasteiger partial charge is 0.374 e. The minimum atomic E-state index is -0.200. The van der Waals surface area contributed by atoms with Crippen molar-refractivity contribution in [2.24, 2.45) is 0 Å². The Balaban J connectivity index is 2.21. The number of nitrogens with one attached hydrogen (secondary N) is 1. The van der Waals surface area contributed by atoms with Crippen LogP contribution < -0.4 is 5.32 Å². The number of halogens is 2. The molecule has 0 radical (unpaired) electrons. The van der Waals surface area contributed by atoms with E-state index in [4.69, 9.17) is 4.74 Å². The summed E-state index contributed by atoms with van der Waals surface area (Å²) in [6, 6.07) is 5.44. The van der Waals surface area contributed by atoms with Crippen LogP contribution in [0.5, 0.6) is 0 Å². The molecule has 1 atom stereocenters. The molecule has 0 bridgehead atoms. The Morgan fingerprint density at radius 2 is 2.10 bits per heavy atom. The Labute approximate surface area is 129 Å². The first-order chi connectivity index (χ1) is 9.63. The van der Waals surface area contributed by atoms with Crippen molar-refractivity contribution >= 4 is 15.9 Å². The highest BCUT2D eigenvalue weighted by atomic mass is 79.9. The maximum atomic E-state index is 13.7. The smallest absolute Gasteiger partial charge is 0.137 e. The highest BCUT2D eigenvalue weighted by Gasteiger charge is 2.41. The van der Waals surface area contributed by atoms with Gasteiger partial charge in [-0.2, -0.15) is 0 Å². The van der Waals surface area contributed by atoms with Gasteiger partial charge >= 0.3 is 0 Å². The summed E-state index contributed by atoms with van der Waals surface area (Å²) in [5.41, 5.74) is 0.894. The maximum Gasteiger partial charge on any atom is 0.137 e. The van der Waals surface area contributed by atoms with Crippen LogP contribution in [0, 0.1) is 5.82 Å². The molecule has 112 valence electrons. The first-order valence-electron chi connectivity index (χ1n) is 7.37. The fourth-order valence-corrected chi connectivity index (χ4v) is 3.76. The molecule has 0 saturated heterocycles. The van der Waals surface area contributed by atoms with Crippen molar-refractivity contribution < 1.29 is 9.13 Å². The van der Waals surface area contributed by atoms with E-state index in [1.165, 1.54) is 18.9 Å². The fraction of sp³-hybridized carbons (Fsp3) is 0.625. The molecule has 0 amide bonds. The molecular formula is C16H23BrFNO. The van der Waals surface area contributed by atoms with Crippen LogP contribution in [-0.4, -0.2) is 25.3 Å². The van der Waals surface area contributed by atoms with Gasteiger partial charge < -0.3 is 10.1 Å². The number of benzene rings is 1. The molecule has 2 nitrogen and oxygen atoms in total. The number of rotatable bonds is 6. The molecule has 1 aromatic carbocycles. The van der Waals surface area contributed by atoms with Crippen molar-refractivity contribution in [1.82, 2.24) is 5.32 Å². The van der Waals surface area contributed by atoms with Crippen LogP contribution in [0.4, 0.5) is 4.39 Å². The summed E-state index contributed by atoms with van der Waals surface area (Å²) in [6.07, 6.45) is 5.36. The predicted molar refractivity (Wildman–Crippen MR) is 83.5 cm³/mol. The lowest BCUT2D eigenvalue weighted by atomic mass is 9.87. The summed E-state index contributed by atoms with van der Waals surface area (Å²) in [5.74, 6) is -0.200. The lowest BCUT2D eigenvalue weighted by Gasteiger charge is -2.37. The Hall–Kier alpha value is -0.450. The molecular weight excluding hydrogens is 321 g/mol. The van der Waals surface area contributed by atoms with Gasteiger partial charge in [-0.25, -0.2) is 4.39 Å². The second-order valence-corrected chi connectivity index (χ2v) is 6.26. The normalized spacial score (nSPS) is 19.2. The average molecular weight is 344 g/mol.